The van der Waals surface area contributed by atoms with Gasteiger partial charge >= 0.3 is 0 Å². The van der Waals surface area contributed by atoms with Crippen LogP contribution < -0.4 is 14.8 Å². The van der Waals surface area contributed by atoms with Gasteiger partial charge in [0.05, 0.1) is 22.7 Å². The van der Waals surface area contributed by atoms with Gasteiger partial charge in [-0.05, 0) is 25.1 Å². The summed E-state index contributed by atoms with van der Waals surface area (Å²) in [5.74, 6) is 0.00426. The zero-order valence-electron chi connectivity index (χ0n) is 13.3. The summed E-state index contributed by atoms with van der Waals surface area (Å²) in [4.78, 5) is 22.6. The van der Waals surface area contributed by atoms with Crippen LogP contribution in [0.15, 0.2) is 36.4 Å². The van der Waals surface area contributed by atoms with Crippen LogP contribution in [0.25, 0.3) is 0 Å². The number of hydrogen-bond donors (Lipinski definition) is 1. The quantitative estimate of drug-likeness (QED) is 0.591. The molecule has 2 rings (SSSR count). The third kappa shape index (κ3) is 4.52. The van der Waals surface area contributed by atoms with E-state index in [2.05, 4.69) is 5.32 Å². The first-order chi connectivity index (χ1) is 11.8. The van der Waals surface area contributed by atoms with E-state index in [1.165, 1.54) is 32.2 Å². The number of halogens is 2. The second-order valence-corrected chi connectivity index (χ2v) is 5.73. The van der Waals surface area contributed by atoms with Crippen molar-refractivity contribution in [2.24, 2.45) is 0 Å². The van der Waals surface area contributed by atoms with E-state index in [-0.39, 0.29) is 27.9 Å². The Morgan fingerprint density at radius 3 is 2.60 bits per heavy atom. The minimum atomic E-state index is -0.931. The van der Waals surface area contributed by atoms with Crippen molar-refractivity contribution in [3.05, 3.63) is 56.6 Å². The van der Waals surface area contributed by atoms with E-state index in [1.54, 1.807) is 18.2 Å². The third-order valence-corrected chi connectivity index (χ3v) is 4.04. The van der Waals surface area contributed by atoms with Crippen LogP contribution in [0.5, 0.6) is 11.5 Å². The van der Waals surface area contributed by atoms with Crippen molar-refractivity contribution in [1.29, 1.82) is 0 Å². The van der Waals surface area contributed by atoms with E-state index in [9.17, 15) is 14.9 Å². The summed E-state index contributed by atoms with van der Waals surface area (Å²) in [6.45, 7) is 1.51. The second kappa shape index (κ2) is 8.04. The summed E-state index contributed by atoms with van der Waals surface area (Å²) < 4.78 is 10.6. The Bertz CT molecular complexity index is 813. The highest BCUT2D eigenvalue weighted by molar-refractivity contribution is 6.42. The maximum absolute atomic E-state index is 12.3. The van der Waals surface area contributed by atoms with E-state index in [1.807, 2.05) is 0 Å². The molecule has 0 bridgehead atoms. The molecule has 7 nitrogen and oxygen atoms in total. The van der Waals surface area contributed by atoms with Gasteiger partial charge in [0.25, 0.3) is 11.6 Å². The van der Waals surface area contributed by atoms with Gasteiger partial charge in [-0.2, -0.15) is 0 Å². The Morgan fingerprint density at radius 2 is 1.96 bits per heavy atom. The largest absolute Gasteiger partial charge is 0.495 e. The van der Waals surface area contributed by atoms with Crippen molar-refractivity contribution in [3.8, 4) is 11.5 Å². The molecular weight excluding hydrogens is 371 g/mol. The molecule has 0 spiro atoms. The highest BCUT2D eigenvalue weighted by Gasteiger charge is 2.20. The predicted molar refractivity (Wildman–Crippen MR) is 94.8 cm³/mol. The zero-order chi connectivity index (χ0) is 18.6. The maximum atomic E-state index is 12.3. The molecule has 0 aromatic heterocycles. The second-order valence-electron chi connectivity index (χ2n) is 4.94. The average Bonchev–Trinajstić information content (AvgIpc) is 2.58. The zero-order valence-corrected chi connectivity index (χ0v) is 14.8. The normalized spacial score (nSPS) is 11.5. The monoisotopic (exact) mass is 384 g/mol. The van der Waals surface area contributed by atoms with Gasteiger partial charge in [-0.1, -0.05) is 29.3 Å². The van der Waals surface area contributed by atoms with Gasteiger partial charge in [0, 0.05) is 12.1 Å². The molecule has 0 aliphatic rings. The van der Waals surface area contributed by atoms with Gasteiger partial charge in [-0.15, -0.1) is 0 Å². The van der Waals surface area contributed by atoms with Crippen LogP contribution in [0, 0.1) is 10.1 Å². The number of anilines is 1. The average molecular weight is 385 g/mol. The van der Waals surface area contributed by atoms with Gasteiger partial charge in [0.1, 0.15) is 16.5 Å². The molecule has 9 heteroatoms. The summed E-state index contributed by atoms with van der Waals surface area (Å²) in [6, 6.07) is 8.68. The fourth-order valence-corrected chi connectivity index (χ4v) is 2.30. The van der Waals surface area contributed by atoms with Crippen LogP contribution in [0.1, 0.15) is 6.92 Å². The first-order valence-electron chi connectivity index (χ1n) is 7.07. The lowest BCUT2D eigenvalue weighted by atomic mass is 10.2. The standard InChI is InChI=1S/C16H14Cl2N2O5/c1-9(25-14-5-3-4-11(17)15(14)18)16(21)19-12-8-10(20(22)23)6-7-13(12)24-2/h3-9H,1-2H3,(H,19,21). The number of nitro groups is 1. The molecule has 0 fully saturated rings. The van der Waals surface area contributed by atoms with Gasteiger partial charge in [-0.3, -0.25) is 14.9 Å². The van der Waals surface area contributed by atoms with Crippen LogP contribution in [0.3, 0.4) is 0 Å². The van der Waals surface area contributed by atoms with E-state index in [0.717, 1.165) is 0 Å². The van der Waals surface area contributed by atoms with Crippen molar-refractivity contribution in [1.82, 2.24) is 0 Å². The van der Waals surface area contributed by atoms with Crippen molar-refractivity contribution >= 4 is 40.5 Å². The lowest BCUT2D eigenvalue weighted by Crippen LogP contribution is -2.30. The fraction of sp³-hybridized carbons (Fsp3) is 0.188. The van der Waals surface area contributed by atoms with Gasteiger partial charge in [-0.25, -0.2) is 0 Å². The predicted octanol–water partition coefficient (Wildman–Crippen LogP) is 4.32. The number of ether oxygens (including phenoxy) is 2. The highest BCUT2D eigenvalue weighted by atomic mass is 35.5. The molecule has 25 heavy (non-hydrogen) atoms. The fourth-order valence-electron chi connectivity index (χ4n) is 1.96. The van der Waals surface area contributed by atoms with E-state index in [4.69, 9.17) is 32.7 Å². The van der Waals surface area contributed by atoms with Crippen molar-refractivity contribution in [2.75, 3.05) is 12.4 Å². The molecule has 1 unspecified atom stereocenters. The number of benzene rings is 2. The molecule has 0 saturated carbocycles. The highest BCUT2D eigenvalue weighted by Crippen LogP contribution is 2.33. The molecule has 0 saturated heterocycles. The van der Waals surface area contributed by atoms with Crippen LogP contribution in [0.4, 0.5) is 11.4 Å². The van der Waals surface area contributed by atoms with Crippen LogP contribution >= 0.6 is 23.2 Å². The molecule has 0 aliphatic heterocycles. The van der Waals surface area contributed by atoms with Crippen molar-refractivity contribution in [3.63, 3.8) is 0 Å². The van der Waals surface area contributed by atoms with E-state index >= 15 is 0 Å². The number of amides is 1. The topological polar surface area (TPSA) is 90.7 Å². The molecule has 132 valence electrons. The molecule has 0 radical (unpaired) electrons. The Kier molecular flexibility index (Phi) is 6.06. The number of rotatable bonds is 6. The molecule has 2 aromatic rings. The molecule has 0 heterocycles. The number of methoxy groups -OCH3 is 1. The van der Waals surface area contributed by atoms with Gasteiger partial charge in [0.15, 0.2) is 6.10 Å². The van der Waals surface area contributed by atoms with E-state index in [0.29, 0.717) is 5.02 Å². The number of carbonyl (C=O) groups is 1. The maximum Gasteiger partial charge on any atom is 0.271 e. The number of hydrogen-bond acceptors (Lipinski definition) is 5. The minimum Gasteiger partial charge on any atom is -0.495 e. The number of nitrogens with zero attached hydrogens (tertiary/aromatic N) is 1. The molecule has 2 aromatic carbocycles. The van der Waals surface area contributed by atoms with Crippen LogP contribution in [0.2, 0.25) is 10.0 Å². The molecule has 1 atom stereocenters. The summed E-state index contributed by atoms with van der Waals surface area (Å²) in [7, 11) is 1.39. The van der Waals surface area contributed by atoms with Gasteiger partial charge in [0.2, 0.25) is 0 Å². The molecule has 1 amide bonds. The number of non-ortho nitro benzene ring substituents is 1. The Morgan fingerprint density at radius 1 is 1.24 bits per heavy atom. The summed E-state index contributed by atoms with van der Waals surface area (Å²) in [5.41, 5.74) is -0.0168. The van der Waals surface area contributed by atoms with E-state index < -0.39 is 16.9 Å². The number of nitrogens with one attached hydrogen (secondary N) is 1. The Labute approximate surface area is 153 Å². The third-order valence-electron chi connectivity index (χ3n) is 3.24. The smallest absolute Gasteiger partial charge is 0.271 e. The summed E-state index contributed by atoms with van der Waals surface area (Å²) in [6.07, 6.45) is -0.931. The molecule has 0 aliphatic carbocycles. The van der Waals surface area contributed by atoms with Gasteiger partial charge < -0.3 is 14.8 Å². The molecular formula is C16H14Cl2N2O5. The van der Waals surface area contributed by atoms with Crippen molar-refractivity contribution in [2.45, 2.75) is 13.0 Å². The SMILES string of the molecule is COc1ccc([N+](=O)[O-])cc1NC(=O)C(C)Oc1cccc(Cl)c1Cl. The Balaban J connectivity index is 2.17. The molecule has 1 N–H and O–H groups in total. The number of carbonyl (C=O) groups excluding carboxylic acids is 1. The summed E-state index contributed by atoms with van der Waals surface area (Å²) in [5, 5.41) is 13.9. The number of nitro benzene ring substituents is 1. The minimum absolute atomic E-state index is 0.161. The first kappa shape index (κ1) is 18.8. The van der Waals surface area contributed by atoms with Crippen LogP contribution in [-0.4, -0.2) is 24.0 Å². The van der Waals surface area contributed by atoms with Crippen molar-refractivity contribution < 1.29 is 19.2 Å². The lowest BCUT2D eigenvalue weighted by Gasteiger charge is -2.17. The van der Waals surface area contributed by atoms with Crippen LogP contribution in [-0.2, 0) is 4.79 Å². The lowest BCUT2D eigenvalue weighted by molar-refractivity contribution is -0.384. The summed E-state index contributed by atoms with van der Waals surface area (Å²) >= 11 is 11.9. The first-order valence-corrected chi connectivity index (χ1v) is 7.83. The Hall–Kier alpha value is -2.51.